The van der Waals surface area contributed by atoms with Gasteiger partial charge in [-0.2, -0.15) is 5.10 Å². The van der Waals surface area contributed by atoms with Gasteiger partial charge in [0.1, 0.15) is 11.5 Å². The summed E-state index contributed by atoms with van der Waals surface area (Å²) in [5.74, 6) is -0.808. The summed E-state index contributed by atoms with van der Waals surface area (Å²) in [5, 5.41) is 6.83. The highest BCUT2D eigenvalue weighted by Gasteiger charge is 2.10. The lowest BCUT2D eigenvalue weighted by molar-refractivity contribution is 0.102. The van der Waals surface area contributed by atoms with Crippen LogP contribution < -0.4 is 10.9 Å². The molecule has 5 nitrogen and oxygen atoms in total. The molecule has 1 N–H and O–H groups in total. The van der Waals surface area contributed by atoms with Crippen LogP contribution in [0.2, 0.25) is 0 Å². The van der Waals surface area contributed by atoms with Gasteiger partial charge in [-0.15, -0.1) is 0 Å². The van der Waals surface area contributed by atoms with Crippen LogP contribution in [0.5, 0.6) is 0 Å². The molecular weight excluding hydrogens is 321 g/mol. The minimum atomic E-state index is -0.418. The first-order chi connectivity index (χ1) is 12.0. The van der Waals surface area contributed by atoms with E-state index in [0.717, 1.165) is 10.2 Å². The van der Waals surface area contributed by atoms with Crippen molar-refractivity contribution in [2.75, 3.05) is 5.32 Å². The van der Waals surface area contributed by atoms with E-state index in [1.165, 1.54) is 24.3 Å². The predicted molar refractivity (Wildman–Crippen MR) is 93.1 cm³/mol. The average molecular weight is 337 g/mol. The van der Waals surface area contributed by atoms with Gasteiger partial charge in [0.05, 0.1) is 6.54 Å². The van der Waals surface area contributed by atoms with Crippen LogP contribution in [0.3, 0.4) is 0 Å². The molecule has 0 fully saturated rings. The van der Waals surface area contributed by atoms with E-state index < -0.39 is 5.91 Å². The number of carbonyl (C=O) groups is 1. The second kappa shape index (κ2) is 7.09. The van der Waals surface area contributed by atoms with Crippen molar-refractivity contribution in [3.63, 3.8) is 0 Å². The molecule has 0 bridgehead atoms. The van der Waals surface area contributed by atoms with E-state index in [4.69, 9.17) is 0 Å². The van der Waals surface area contributed by atoms with Gasteiger partial charge in [-0.3, -0.25) is 9.59 Å². The van der Waals surface area contributed by atoms with Gasteiger partial charge in [-0.05, 0) is 48.4 Å². The van der Waals surface area contributed by atoms with E-state index in [0.29, 0.717) is 11.3 Å². The van der Waals surface area contributed by atoms with Crippen molar-refractivity contribution in [3.8, 4) is 0 Å². The predicted octanol–water partition coefficient (Wildman–Crippen LogP) is 2.99. The molecule has 1 amide bonds. The van der Waals surface area contributed by atoms with Crippen molar-refractivity contribution in [2.45, 2.75) is 13.5 Å². The number of hydrogen-bond acceptors (Lipinski definition) is 3. The van der Waals surface area contributed by atoms with Crippen molar-refractivity contribution < 1.29 is 9.18 Å². The molecule has 0 saturated heterocycles. The SMILES string of the molecule is Cc1cccc(NC(=O)c2ccc(=O)n(Cc3cccc(F)c3)n2)c1. The number of rotatable bonds is 4. The minimum absolute atomic E-state index is 0.0855. The number of nitrogens with zero attached hydrogens (tertiary/aromatic N) is 2. The van der Waals surface area contributed by atoms with E-state index >= 15 is 0 Å². The summed E-state index contributed by atoms with van der Waals surface area (Å²) in [6.07, 6.45) is 0. The molecule has 126 valence electrons. The zero-order valence-corrected chi connectivity index (χ0v) is 13.6. The van der Waals surface area contributed by atoms with Crippen LogP contribution in [0.15, 0.2) is 65.5 Å². The molecule has 0 aliphatic rings. The van der Waals surface area contributed by atoms with Crippen molar-refractivity contribution in [1.29, 1.82) is 0 Å². The number of amides is 1. The van der Waals surface area contributed by atoms with Crippen molar-refractivity contribution in [2.24, 2.45) is 0 Å². The second-order valence-electron chi connectivity index (χ2n) is 5.67. The van der Waals surface area contributed by atoms with Crippen LogP contribution in [-0.4, -0.2) is 15.7 Å². The monoisotopic (exact) mass is 337 g/mol. The maximum Gasteiger partial charge on any atom is 0.276 e. The number of hydrogen-bond donors (Lipinski definition) is 1. The van der Waals surface area contributed by atoms with Crippen LogP contribution >= 0.6 is 0 Å². The highest BCUT2D eigenvalue weighted by molar-refractivity contribution is 6.02. The second-order valence-corrected chi connectivity index (χ2v) is 5.67. The lowest BCUT2D eigenvalue weighted by atomic mass is 10.2. The fraction of sp³-hybridized carbons (Fsp3) is 0.105. The molecule has 0 saturated carbocycles. The molecule has 6 heteroatoms. The van der Waals surface area contributed by atoms with Gasteiger partial charge in [-0.1, -0.05) is 24.3 Å². The van der Waals surface area contributed by atoms with Crippen molar-refractivity contribution in [3.05, 3.63) is 93.7 Å². The highest BCUT2D eigenvalue weighted by atomic mass is 19.1. The summed E-state index contributed by atoms with van der Waals surface area (Å²) in [5.41, 5.74) is 2.00. The number of nitrogens with one attached hydrogen (secondary N) is 1. The van der Waals surface area contributed by atoms with Gasteiger partial charge >= 0.3 is 0 Å². The molecule has 0 aliphatic heterocycles. The minimum Gasteiger partial charge on any atom is -0.321 e. The van der Waals surface area contributed by atoms with Crippen molar-refractivity contribution in [1.82, 2.24) is 9.78 Å². The third-order valence-electron chi connectivity index (χ3n) is 3.60. The number of anilines is 1. The van der Waals surface area contributed by atoms with E-state index in [2.05, 4.69) is 10.4 Å². The lowest BCUT2D eigenvalue weighted by Crippen LogP contribution is -2.26. The topological polar surface area (TPSA) is 64.0 Å². The molecule has 2 aromatic carbocycles. The van der Waals surface area contributed by atoms with Gasteiger partial charge in [0.15, 0.2) is 0 Å². The Bertz CT molecular complexity index is 982. The zero-order chi connectivity index (χ0) is 17.8. The molecule has 0 atom stereocenters. The third kappa shape index (κ3) is 4.17. The third-order valence-corrected chi connectivity index (χ3v) is 3.60. The Balaban J connectivity index is 1.83. The molecule has 1 aromatic heterocycles. The lowest BCUT2D eigenvalue weighted by Gasteiger charge is -2.08. The Morgan fingerprint density at radius 2 is 1.92 bits per heavy atom. The zero-order valence-electron chi connectivity index (χ0n) is 13.6. The molecule has 0 unspecified atom stereocenters. The Kier molecular flexibility index (Phi) is 4.70. The average Bonchev–Trinajstić information content (AvgIpc) is 2.57. The standard InChI is InChI=1S/C19H16FN3O2/c1-13-4-2-7-16(10-13)21-19(25)17-8-9-18(24)23(22-17)12-14-5-3-6-15(20)11-14/h2-11H,12H2,1H3,(H,21,25). The summed E-state index contributed by atoms with van der Waals surface area (Å²) < 4.78 is 14.4. The van der Waals surface area contributed by atoms with E-state index in [1.807, 2.05) is 25.1 Å². The van der Waals surface area contributed by atoms with Crippen LogP contribution in [0.4, 0.5) is 10.1 Å². The van der Waals surface area contributed by atoms with Gasteiger partial charge in [0, 0.05) is 11.8 Å². The number of halogens is 1. The summed E-state index contributed by atoms with van der Waals surface area (Å²) >= 11 is 0. The highest BCUT2D eigenvalue weighted by Crippen LogP contribution is 2.11. The van der Waals surface area contributed by atoms with Crippen molar-refractivity contribution >= 4 is 11.6 Å². The maximum atomic E-state index is 13.3. The summed E-state index contributed by atoms with van der Waals surface area (Å²) in [6, 6.07) is 15.9. The summed E-state index contributed by atoms with van der Waals surface area (Å²) in [7, 11) is 0. The van der Waals surface area contributed by atoms with Gasteiger partial charge in [-0.25, -0.2) is 9.07 Å². The Morgan fingerprint density at radius 3 is 2.68 bits per heavy atom. The van der Waals surface area contributed by atoms with Crippen LogP contribution in [0.25, 0.3) is 0 Å². The normalized spacial score (nSPS) is 10.5. The summed E-state index contributed by atoms with van der Waals surface area (Å²) in [4.78, 5) is 24.3. The van der Waals surface area contributed by atoms with Crippen LogP contribution in [0.1, 0.15) is 21.6 Å². The summed E-state index contributed by atoms with van der Waals surface area (Å²) in [6.45, 7) is 2.01. The fourth-order valence-electron chi connectivity index (χ4n) is 2.41. The maximum absolute atomic E-state index is 13.3. The molecule has 3 rings (SSSR count). The first kappa shape index (κ1) is 16.6. The first-order valence-corrected chi connectivity index (χ1v) is 7.72. The molecule has 0 spiro atoms. The van der Waals surface area contributed by atoms with Gasteiger partial charge in [0.25, 0.3) is 11.5 Å². The molecule has 1 heterocycles. The molecule has 0 aliphatic carbocycles. The number of carbonyl (C=O) groups excluding carboxylic acids is 1. The smallest absolute Gasteiger partial charge is 0.276 e. The van der Waals surface area contributed by atoms with E-state index in [9.17, 15) is 14.0 Å². The first-order valence-electron chi connectivity index (χ1n) is 7.72. The number of aromatic nitrogens is 2. The van der Waals surface area contributed by atoms with Crippen LogP contribution in [-0.2, 0) is 6.54 Å². The quantitative estimate of drug-likeness (QED) is 0.796. The Morgan fingerprint density at radius 1 is 1.12 bits per heavy atom. The molecule has 0 radical (unpaired) electrons. The van der Waals surface area contributed by atoms with Crippen LogP contribution in [0, 0.1) is 12.7 Å². The fourth-order valence-corrected chi connectivity index (χ4v) is 2.41. The van der Waals surface area contributed by atoms with Gasteiger partial charge in [0.2, 0.25) is 0 Å². The van der Waals surface area contributed by atoms with E-state index in [-0.39, 0.29) is 23.6 Å². The Hall–Kier alpha value is -3.28. The molecule has 3 aromatic rings. The van der Waals surface area contributed by atoms with Gasteiger partial charge < -0.3 is 5.32 Å². The number of aryl methyl sites for hydroxylation is 1. The Labute approximate surface area is 143 Å². The largest absolute Gasteiger partial charge is 0.321 e. The van der Waals surface area contributed by atoms with E-state index in [1.54, 1.807) is 18.2 Å². The molecule has 25 heavy (non-hydrogen) atoms. The number of benzene rings is 2. The molecular formula is C19H16FN3O2.